The van der Waals surface area contributed by atoms with E-state index in [4.69, 9.17) is 5.11 Å². The smallest absolute Gasteiger partial charge is 0.0950 e. The molecule has 1 N–H and O–H groups in total. The number of aliphatic hydroxyl groups is 1. The molecule has 0 bridgehead atoms. The first-order chi connectivity index (χ1) is 5.90. The molecule has 0 aromatic heterocycles. The molecule has 0 amide bonds. The number of hydrogen-bond acceptors (Lipinski definition) is 2. The Morgan fingerprint density at radius 2 is 1.75 bits per heavy atom. The summed E-state index contributed by atoms with van der Waals surface area (Å²) in [4.78, 5) is 2.07. The van der Waals surface area contributed by atoms with Gasteiger partial charge in [-0.25, -0.2) is 0 Å². The summed E-state index contributed by atoms with van der Waals surface area (Å²) < 4.78 is 0. The second-order valence-corrected chi connectivity index (χ2v) is 2.97. The number of hydrogen-bond donors (Lipinski definition) is 1. The molecule has 2 rings (SSSR count). The van der Waals surface area contributed by atoms with Crippen LogP contribution in [0.1, 0.15) is 11.1 Å². The molecule has 1 heterocycles. The molecule has 0 spiro atoms. The first-order valence-electron chi connectivity index (χ1n) is 4.02. The fourth-order valence-electron chi connectivity index (χ4n) is 1.56. The van der Waals surface area contributed by atoms with Crippen molar-refractivity contribution < 1.29 is 5.11 Å². The van der Waals surface area contributed by atoms with Crippen LogP contribution in [0.25, 0.3) is 0 Å². The van der Waals surface area contributed by atoms with Gasteiger partial charge in [0.05, 0.1) is 6.26 Å². The van der Waals surface area contributed by atoms with Crippen molar-refractivity contribution in [2.75, 3.05) is 0 Å². The van der Waals surface area contributed by atoms with E-state index in [9.17, 15) is 0 Å². The molecule has 1 aromatic carbocycles. The van der Waals surface area contributed by atoms with Crippen molar-refractivity contribution >= 4 is 0 Å². The van der Waals surface area contributed by atoms with Crippen LogP contribution in [0.4, 0.5) is 0 Å². The van der Waals surface area contributed by atoms with Gasteiger partial charge in [0.15, 0.2) is 0 Å². The van der Waals surface area contributed by atoms with Crippen LogP contribution >= 0.6 is 0 Å². The highest BCUT2D eigenvalue weighted by Crippen LogP contribution is 2.21. The molecule has 1 aliphatic heterocycles. The van der Waals surface area contributed by atoms with Crippen molar-refractivity contribution in [2.45, 2.75) is 13.1 Å². The van der Waals surface area contributed by atoms with Crippen LogP contribution in [0.3, 0.4) is 0 Å². The second-order valence-electron chi connectivity index (χ2n) is 2.97. The highest BCUT2D eigenvalue weighted by molar-refractivity contribution is 5.30. The Balaban J connectivity index is 2.22. The molecule has 0 fully saturated rings. The standard InChI is InChI=1S/C10H11NO/c12-6-5-11-7-9-3-1-2-4-10(9)8-11/h1-6,12H,7-8H2. The molecule has 62 valence electrons. The Bertz CT molecular complexity index is 281. The molecule has 0 radical (unpaired) electrons. The maximum Gasteiger partial charge on any atom is 0.0950 e. The van der Waals surface area contributed by atoms with Crippen LogP contribution in [-0.2, 0) is 13.1 Å². The second kappa shape index (κ2) is 2.89. The van der Waals surface area contributed by atoms with Gasteiger partial charge in [0.1, 0.15) is 0 Å². The van der Waals surface area contributed by atoms with Crippen LogP contribution in [0.15, 0.2) is 36.7 Å². The first-order valence-corrected chi connectivity index (χ1v) is 4.02. The molecule has 1 aliphatic rings. The van der Waals surface area contributed by atoms with Crippen molar-refractivity contribution in [3.8, 4) is 0 Å². The summed E-state index contributed by atoms with van der Waals surface area (Å²) in [6.45, 7) is 1.82. The average Bonchev–Trinajstić information content (AvgIpc) is 2.47. The highest BCUT2D eigenvalue weighted by atomic mass is 16.2. The molecule has 2 heteroatoms. The predicted octanol–water partition coefficient (Wildman–Crippen LogP) is 2.03. The minimum atomic E-state index is 0.910. The third-order valence-electron chi connectivity index (χ3n) is 2.14. The summed E-state index contributed by atoms with van der Waals surface area (Å²) in [6, 6.07) is 8.34. The zero-order chi connectivity index (χ0) is 8.39. The lowest BCUT2D eigenvalue weighted by molar-refractivity contribution is 0.373. The van der Waals surface area contributed by atoms with Crippen molar-refractivity contribution in [2.24, 2.45) is 0 Å². The van der Waals surface area contributed by atoms with E-state index < -0.39 is 0 Å². The van der Waals surface area contributed by atoms with Crippen LogP contribution < -0.4 is 0 Å². The van der Waals surface area contributed by atoms with Crippen LogP contribution in [0.2, 0.25) is 0 Å². The number of aliphatic hydroxyl groups excluding tert-OH is 1. The average molecular weight is 161 g/mol. The molecular formula is C10H11NO. The van der Waals surface area contributed by atoms with E-state index in [1.807, 2.05) is 12.1 Å². The monoisotopic (exact) mass is 161 g/mol. The Kier molecular flexibility index (Phi) is 1.74. The minimum Gasteiger partial charge on any atom is -0.514 e. The lowest BCUT2D eigenvalue weighted by Crippen LogP contribution is -2.06. The summed E-state index contributed by atoms with van der Waals surface area (Å²) >= 11 is 0. The highest BCUT2D eigenvalue weighted by Gasteiger charge is 2.14. The van der Waals surface area contributed by atoms with E-state index in [0.29, 0.717) is 0 Å². The van der Waals surface area contributed by atoms with Gasteiger partial charge in [-0.15, -0.1) is 0 Å². The summed E-state index contributed by atoms with van der Waals surface area (Å²) in [6.07, 6.45) is 2.80. The van der Waals surface area contributed by atoms with Gasteiger partial charge in [-0.1, -0.05) is 24.3 Å². The van der Waals surface area contributed by atoms with Crippen molar-refractivity contribution in [3.05, 3.63) is 47.9 Å². The third kappa shape index (κ3) is 1.16. The number of benzene rings is 1. The van der Waals surface area contributed by atoms with Crippen molar-refractivity contribution in [1.82, 2.24) is 4.90 Å². The first kappa shape index (κ1) is 7.22. The zero-order valence-corrected chi connectivity index (χ0v) is 6.77. The van der Waals surface area contributed by atoms with Crippen LogP contribution in [0.5, 0.6) is 0 Å². The largest absolute Gasteiger partial charge is 0.514 e. The van der Waals surface area contributed by atoms with Crippen LogP contribution in [-0.4, -0.2) is 10.0 Å². The van der Waals surface area contributed by atoms with Gasteiger partial charge >= 0.3 is 0 Å². The van der Waals surface area contributed by atoms with E-state index in [0.717, 1.165) is 19.4 Å². The fraction of sp³-hybridized carbons (Fsp3) is 0.200. The Morgan fingerprint density at radius 3 is 2.25 bits per heavy atom. The Labute approximate surface area is 71.7 Å². The van der Waals surface area contributed by atoms with Gasteiger partial charge in [0, 0.05) is 19.3 Å². The van der Waals surface area contributed by atoms with Gasteiger partial charge in [0.2, 0.25) is 0 Å². The SMILES string of the molecule is OC=CN1Cc2ccccc2C1. The molecule has 0 atom stereocenters. The van der Waals surface area contributed by atoms with Gasteiger partial charge < -0.3 is 10.0 Å². The normalized spacial score (nSPS) is 15.5. The fourth-order valence-corrected chi connectivity index (χ4v) is 1.56. The summed E-state index contributed by atoms with van der Waals surface area (Å²) in [5.74, 6) is 0. The van der Waals surface area contributed by atoms with E-state index in [-0.39, 0.29) is 0 Å². The lowest BCUT2D eigenvalue weighted by Gasteiger charge is -2.08. The molecule has 0 saturated heterocycles. The molecule has 0 saturated carbocycles. The number of nitrogens with zero attached hydrogens (tertiary/aromatic N) is 1. The van der Waals surface area contributed by atoms with Gasteiger partial charge in [-0.3, -0.25) is 0 Å². The quantitative estimate of drug-likeness (QED) is 0.637. The maximum atomic E-state index is 8.58. The third-order valence-corrected chi connectivity index (χ3v) is 2.14. The summed E-state index contributed by atoms with van der Waals surface area (Å²) in [5, 5.41) is 8.58. The topological polar surface area (TPSA) is 23.5 Å². The minimum absolute atomic E-state index is 0.910. The van der Waals surface area contributed by atoms with E-state index in [1.165, 1.54) is 11.1 Å². The van der Waals surface area contributed by atoms with Crippen molar-refractivity contribution in [1.29, 1.82) is 0 Å². The number of rotatable bonds is 1. The molecule has 0 aliphatic carbocycles. The van der Waals surface area contributed by atoms with Gasteiger partial charge in [-0.05, 0) is 11.1 Å². The van der Waals surface area contributed by atoms with Crippen LogP contribution in [0, 0.1) is 0 Å². The molecule has 2 nitrogen and oxygen atoms in total. The Morgan fingerprint density at radius 1 is 1.17 bits per heavy atom. The van der Waals surface area contributed by atoms with E-state index in [2.05, 4.69) is 17.0 Å². The molecule has 1 aromatic rings. The zero-order valence-electron chi connectivity index (χ0n) is 6.77. The van der Waals surface area contributed by atoms with Gasteiger partial charge in [-0.2, -0.15) is 0 Å². The maximum absolute atomic E-state index is 8.58. The van der Waals surface area contributed by atoms with Gasteiger partial charge in [0.25, 0.3) is 0 Å². The summed E-state index contributed by atoms with van der Waals surface area (Å²) in [7, 11) is 0. The predicted molar refractivity (Wildman–Crippen MR) is 47.5 cm³/mol. The number of fused-ring (bicyclic) bond motifs is 1. The van der Waals surface area contributed by atoms with Crippen molar-refractivity contribution in [3.63, 3.8) is 0 Å². The van der Waals surface area contributed by atoms with E-state index >= 15 is 0 Å². The molecule has 0 unspecified atom stereocenters. The van der Waals surface area contributed by atoms with E-state index in [1.54, 1.807) is 6.20 Å². The molecular weight excluding hydrogens is 150 g/mol. The summed E-state index contributed by atoms with van der Waals surface area (Å²) in [5.41, 5.74) is 2.71. The molecule has 12 heavy (non-hydrogen) atoms. The Hall–Kier alpha value is -1.44. The lowest BCUT2D eigenvalue weighted by atomic mass is 10.1.